The second-order valence-corrected chi connectivity index (χ2v) is 5.30. The number of nitrogens with zero attached hydrogens (tertiary/aromatic N) is 1. The minimum absolute atomic E-state index is 0.164. The summed E-state index contributed by atoms with van der Waals surface area (Å²) in [7, 11) is 0. The number of hydrogen-bond acceptors (Lipinski definition) is 3. The minimum Gasteiger partial charge on any atom is -0.418 e. The zero-order valence-electron chi connectivity index (χ0n) is 10.3. The van der Waals surface area contributed by atoms with Crippen LogP contribution in [0.1, 0.15) is 5.56 Å². The summed E-state index contributed by atoms with van der Waals surface area (Å²) in [5.41, 5.74) is 2.03. The number of aryl methyl sites for hydroxylation is 1. The van der Waals surface area contributed by atoms with Gasteiger partial charge in [0.25, 0.3) is 5.56 Å². The maximum atomic E-state index is 12.2. The van der Waals surface area contributed by atoms with E-state index in [0.717, 1.165) is 21.2 Å². The summed E-state index contributed by atoms with van der Waals surface area (Å²) in [5.74, 6) is 0. The molecule has 0 saturated carbocycles. The van der Waals surface area contributed by atoms with Gasteiger partial charge in [0, 0.05) is 0 Å². The fraction of sp³-hybridized carbons (Fsp3) is 0.0714. The molecule has 0 radical (unpaired) electrons. The molecule has 0 saturated heterocycles. The summed E-state index contributed by atoms with van der Waals surface area (Å²) in [6.45, 7) is 1.94. The van der Waals surface area contributed by atoms with E-state index in [0.29, 0.717) is 21.1 Å². The Morgan fingerprint density at radius 1 is 1.21 bits per heavy atom. The van der Waals surface area contributed by atoms with Gasteiger partial charge in [-0.1, -0.05) is 18.2 Å². The molecule has 2 aromatic carbocycles. The lowest BCUT2D eigenvalue weighted by atomic mass is 10.2. The summed E-state index contributed by atoms with van der Waals surface area (Å²) >= 11 is 1.13. The van der Waals surface area contributed by atoms with Crippen molar-refractivity contribution in [2.24, 2.45) is 0 Å². The van der Waals surface area contributed by atoms with Crippen molar-refractivity contribution in [2.45, 2.75) is 6.92 Å². The van der Waals surface area contributed by atoms with Crippen molar-refractivity contribution in [3.63, 3.8) is 0 Å². The van der Waals surface area contributed by atoms with Crippen LogP contribution < -0.4 is 5.56 Å². The van der Waals surface area contributed by atoms with Gasteiger partial charge in [-0.15, -0.1) is 4.12 Å². The van der Waals surface area contributed by atoms with Crippen LogP contribution in [0.25, 0.3) is 21.1 Å². The molecule has 1 aromatic heterocycles. The normalized spacial score (nSPS) is 10.8. The van der Waals surface area contributed by atoms with E-state index < -0.39 is 0 Å². The fourth-order valence-electron chi connectivity index (χ4n) is 1.98. The Morgan fingerprint density at radius 2 is 2.00 bits per heavy atom. The second kappa shape index (κ2) is 4.44. The molecule has 0 aliphatic carbocycles. The molecule has 4 nitrogen and oxygen atoms in total. The Balaban J connectivity index is 2.61. The van der Waals surface area contributed by atoms with E-state index in [9.17, 15) is 10.0 Å². The molecule has 96 valence electrons. The van der Waals surface area contributed by atoms with Gasteiger partial charge in [-0.05, 0) is 48.3 Å². The first-order valence-electron chi connectivity index (χ1n) is 5.83. The molecule has 19 heavy (non-hydrogen) atoms. The maximum Gasteiger partial charge on any atom is 0.257 e. The van der Waals surface area contributed by atoms with Crippen LogP contribution in [0, 0.1) is 6.92 Å². The lowest BCUT2D eigenvalue weighted by Crippen LogP contribution is -2.05. The number of hydrogen-bond donors (Lipinski definition) is 2. The molecule has 0 amide bonds. The average Bonchev–Trinajstić information content (AvgIpc) is 2.38. The van der Waals surface area contributed by atoms with E-state index in [4.69, 9.17) is 0 Å². The Hall–Kier alpha value is -2.27. The summed E-state index contributed by atoms with van der Waals surface area (Å²) < 4.78 is 1.79. The summed E-state index contributed by atoms with van der Waals surface area (Å²) in [6.07, 6.45) is 0. The molecule has 5 heteroatoms. The van der Waals surface area contributed by atoms with Crippen LogP contribution in [0.4, 0.5) is 0 Å². The van der Waals surface area contributed by atoms with E-state index in [1.54, 1.807) is 18.2 Å². The third-order valence-electron chi connectivity index (χ3n) is 2.92. The topological polar surface area (TPSA) is 58.0 Å². The summed E-state index contributed by atoms with van der Waals surface area (Å²) in [6, 6.07) is 12.7. The predicted octanol–water partition coefficient (Wildman–Crippen LogP) is 3.21. The minimum atomic E-state index is -0.164. The van der Waals surface area contributed by atoms with Crippen molar-refractivity contribution < 1.29 is 5.21 Å². The van der Waals surface area contributed by atoms with Crippen molar-refractivity contribution in [2.75, 3.05) is 0 Å². The molecular formula is C14H12N2O2S. The van der Waals surface area contributed by atoms with E-state index in [-0.39, 0.29) is 5.56 Å². The number of aromatic nitrogens is 2. The molecule has 0 unspecified atom stereocenters. The van der Waals surface area contributed by atoms with Gasteiger partial charge in [-0.2, -0.15) is 0 Å². The monoisotopic (exact) mass is 272 g/mol. The zero-order chi connectivity index (χ0) is 13.4. The zero-order valence-corrected chi connectivity index (χ0v) is 11.1. The van der Waals surface area contributed by atoms with E-state index >= 15 is 0 Å². The highest BCUT2D eigenvalue weighted by Gasteiger charge is 2.01. The van der Waals surface area contributed by atoms with Crippen LogP contribution in [0.3, 0.4) is 0 Å². The van der Waals surface area contributed by atoms with Crippen LogP contribution >= 0.6 is 11.5 Å². The molecule has 3 rings (SSSR count). The van der Waals surface area contributed by atoms with Crippen LogP contribution in [-0.2, 0) is 0 Å². The number of aromatic amines is 1. The molecular weight excluding hydrogens is 260 g/mol. The first-order valence-corrected chi connectivity index (χ1v) is 6.60. The van der Waals surface area contributed by atoms with E-state index in [2.05, 4.69) is 4.98 Å². The molecule has 0 bridgehead atoms. The van der Waals surface area contributed by atoms with Crippen molar-refractivity contribution in [3.05, 3.63) is 58.4 Å². The van der Waals surface area contributed by atoms with Crippen molar-refractivity contribution in [1.29, 1.82) is 0 Å². The maximum absolute atomic E-state index is 12.2. The first-order chi connectivity index (χ1) is 9.15. The van der Waals surface area contributed by atoms with Crippen molar-refractivity contribution >= 4 is 32.7 Å². The van der Waals surface area contributed by atoms with Gasteiger partial charge in [0.2, 0.25) is 0 Å². The van der Waals surface area contributed by atoms with Crippen LogP contribution in [0.5, 0.6) is 0 Å². The molecule has 3 aromatic rings. The second-order valence-electron chi connectivity index (χ2n) is 4.34. The lowest BCUT2D eigenvalue weighted by Gasteiger charge is -2.03. The molecule has 0 aliphatic heterocycles. The number of rotatable bonds is 0. The SMILES string of the molecule is Cc1ccc2c(c1)[nH]c(=O)c1ccccc1sn2O. The first kappa shape index (κ1) is 11.8. The molecule has 0 aliphatic rings. The standard InChI is InChI=1S/C14H12N2O2S/c1-9-6-7-12-11(8-9)15-14(17)10-4-2-3-5-13(10)19-16(12)18/h2-8,18H,1H3,(H,15,17). The van der Waals surface area contributed by atoms with Crippen LogP contribution in [-0.4, -0.2) is 14.3 Å². The smallest absolute Gasteiger partial charge is 0.257 e. The third-order valence-corrected chi connectivity index (χ3v) is 3.85. The van der Waals surface area contributed by atoms with Gasteiger partial charge >= 0.3 is 0 Å². The van der Waals surface area contributed by atoms with Crippen LogP contribution in [0.15, 0.2) is 47.3 Å². The summed E-state index contributed by atoms with van der Waals surface area (Å²) in [5, 5.41) is 10.7. The Kier molecular flexibility index (Phi) is 2.76. The largest absolute Gasteiger partial charge is 0.418 e. The Bertz CT molecular complexity index is 872. The fourth-order valence-corrected chi connectivity index (χ4v) is 2.82. The van der Waals surface area contributed by atoms with Gasteiger partial charge in [0.15, 0.2) is 0 Å². The van der Waals surface area contributed by atoms with E-state index in [1.807, 2.05) is 31.2 Å². The number of H-pyrrole nitrogens is 1. The van der Waals surface area contributed by atoms with Crippen LogP contribution in [0.2, 0.25) is 0 Å². The molecule has 0 spiro atoms. The number of benzene rings is 2. The van der Waals surface area contributed by atoms with E-state index in [1.165, 1.54) is 0 Å². The van der Waals surface area contributed by atoms with Gasteiger partial charge < -0.3 is 10.2 Å². The molecule has 2 N–H and O–H groups in total. The summed E-state index contributed by atoms with van der Waals surface area (Å²) in [4.78, 5) is 15.1. The highest BCUT2D eigenvalue weighted by atomic mass is 32.1. The number of nitrogens with one attached hydrogen (secondary N) is 1. The Labute approximate surface area is 113 Å². The molecule has 0 atom stereocenters. The Morgan fingerprint density at radius 3 is 2.84 bits per heavy atom. The van der Waals surface area contributed by atoms with Gasteiger partial charge in [-0.3, -0.25) is 4.79 Å². The van der Waals surface area contributed by atoms with Crippen molar-refractivity contribution in [3.8, 4) is 0 Å². The lowest BCUT2D eigenvalue weighted by molar-refractivity contribution is 0.231. The molecule has 1 heterocycles. The average molecular weight is 272 g/mol. The highest BCUT2D eigenvalue weighted by molar-refractivity contribution is 7.13. The van der Waals surface area contributed by atoms with Gasteiger partial charge in [-0.25, -0.2) is 0 Å². The quantitative estimate of drug-likeness (QED) is 0.617. The highest BCUT2D eigenvalue weighted by Crippen LogP contribution is 2.17. The molecule has 0 fully saturated rings. The van der Waals surface area contributed by atoms with Gasteiger partial charge in [0.05, 0.1) is 15.6 Å². The van der Waals surface area contributed by atoms with Gasteiger partial charge in [0.1, 0.15) is 5.52 Å². The number of fused-ring (bicyclic) bond motifs is 2. The third kappa shape index (κ3) is 2.08. The van der Waals surface area contributed by atoms with Crippen molar-refractivity contribution in [1.82, 2.24) is 9.10 Å². The predicted molar refractivity (Wildman–Crippen MR) is 77.5 cm³/mol.